The highest BCUT2D eigenvalue weighted by Crippen LogP contribution is 2.25. The molecule has 24 heavy (non-hydrogen) atoms. The summed E-state index contributed by atoms with van der Waals surface area (Å²) in [6.07, 6.45) is 0.918. The van der Waals surface area contributed by atoms with Gasteiger partial charge in [0.05, 0.1) is 6.54 Å². The number of carbonyl (C=O) groups is 1. The molecular formula is C20H20N2O2. The number of nitrogens with zero attached hydrogens (tertiary/aromatic N) is 1. The summed E-state index contributed by atoms with van der Waals surface area (Å²) in [4.78, 5) is 18.0. The fourth-order valence-corrected chi connectivity index (χ4v) is 3.35. The third-order valence-electron chi connectivity index (χ3n) is 4.66. The van der Waals surface area contributed by atoms with Gasteiger partial charge in [-0.2, -0.15) is 0 Å². The standard InChI is InChI=1S/C20H20N2O2/c1-14-17-9-5-6-10-18(17)21-19(14)20(23)22-12-11-16(13-22)24-15-7-3-2-4-8-15/h2-10,16,21H,11-13H2,1H3/t16-/m0/s1. The molecule has 0 saturated carbocycles. The number of hydrogen-bond donors (Lipinski definition) is 1. The number of benzene rings is 2. The molecule has 122 valence electrons. The first-order chi connectivity index (χ1) is 11.7. The molecule has 0 aliphatic carbocycles. The lowest BCUT2D eigenvalue weighted by atomic mass is 10.1. The van der Waals surface area contributed by atoms with Gasteiger partial charge in [0.25, 0.3) is 5.91 Å². The number of aromatic nitrogens is 1. The Morgan fingerprint density at radius 1 is 1.12 bits per heavy atom. The number of carbonyl (C=O) groups excluding carboxylic acids is 1. The SMILES string of the molecule is Cc1c(C(=O)N2CC[C@H](Oc3ccccc3)C2)[nH]c2ccccc12. The Balaban J connectivity index is 1.50. The Bertz CT molecular complexity index is 870. The van der Waals surface area contributed by atoms with E-state index in [1.54, 1.807) is 0 Å². The maximum absolute atomic E-state index is 12.9. The van der Waals surface area contributed by atoms with Gasteiger partial charge in [-0.15, -0.1) is 0 Å². The Kier molecular flexibility index (Phi) is 3.73. The number of aryl methyl sites for hydroxylation is 1. The van der Waals surface area contributed by atoms with Gasteiger partial charge >= 0.3 is 0 Å². The molecule has 1 amide bonds. The van der Waals surface area contributed by atoms with E-state index in [0.717, 1.165) is 35.2 Å². The minimum Gasteiger partial charge on any atom is -0.489 e. The molecule has 0 radical (unpaired) electrons. The second kappa shape index (κ2) is 6.04. The Morgan fingerprint density at radius 3 is 2.67 bits per heavy atom. The fraction of sp³-hybridized carbons (Fsp3) is 0.250. The molecule has 0 bridgehead atoms. The van der Waals surface area contributed by atoms with Gasteiger partial charge in [0.1, 0.15) is 17.5 Å². The minimum atomic E-state index is 0.0565. The van der Waals surface area contributed by atoms with Crippen molar-refractivity contribution in [3.63, 3.8) is 0 Å². The number of aromatic amines is 1. The quantitative estimate of drug-likeness (QED) is 0.798. The first-order valence-electron chi connectivity index (χ1n) is 8.30. The highest BCUT2D eigenvalue weighted by Gasteiger charge is 2.30. The van der Waals surface area contributed by atoms with Crippen LogP contribution in [0.15, 0.2) is 54.6 Å². The van der Waals surface area contributed by atoms with Crippen LogP contribution in [-0.2, 0) is 0 Å². The van der Waals surface area contributed by atoms with Crippen LogP contribution in [0.2, 0.25) is 0 Å². The molecule has 1 saturated heterocycles. The molecule has 1 aliphatic rings. The summed E-state index contributed by atoms with van der Waals surface area (Å²) in [7, 11) is 0. The maximum atomic E-state index is 12.9. The van der Waals surface area contributed by atoms with Crippen molar-refractivity contribution in [3.05, 3.63) is 65.9 Å². The van der Waals surface area contributed by atoms with Crippen molar-refractivity contribution in [3.8, 4) is 5.75 Å². The molecule has 4 rings (SSSR count). The van der Waals surface area contributed by atoms with Gasteiger partial charge in [0, 0.05) is 23.9 Å². The van der Waals surface area contributed by atoms with Gasteiger partial charge < -0.3 is 14.6 Å². The maximum Gasteiger partial charge on any atom is 0.270 e. The summed E-state index contributed by atoms with van der Waals surface area (Å²) in [5.74, 6) is 0.918. The van der Waals surface area contributed by atoms with Crippen molar-refractivity contribution >= 4 is 16.8 Å². The molecule has 3 aromatic rings. The number of ether oxygens (including phenoxy) is 1. The number of hydrogen-bond acceptors (Lipinski definition) is 2. The van der Waals surface area contributed by atoms with Gasteiger partial charge in [-0.05, 0) is 30.7 Å². The third-order valence-corrected chi connectivity index (χ3v) is 4.66. The Morgan fingerprint density at radius 2 is 1.88 bits per heavy atom. The number of amides is 1. The van der Waals surface area contributed by atoms with E-state index in [4.69, 9.17) is 4.74 Å². The molecule has 4 nitrogen and oxygen atoms in total. The monoisotopic (exact) mass is 320 g/mol. The number of likely N-dealkylation sites (tertiary alicyclic amines) is 1. The van der Waals surface area contributed by atoms with Crippen LogP contribution in [0.25, 0.3) is 10.9 Å². The minimum absolute atomic E-state index is 0.0565. The van der Waals surface area contributed by atoms with E-state index in [2.05, 4.69) is 4.98 Å². The zero-order valence-electron chi connectivity index (χ0n) is 13.7. The summed E-state index contributed by atoms with van der Waals surface area (Å²) < 4.78 is 5.98. The largest absolute Gasteiger partial charge is 0.489 e. The zero-order valence-corrected chi connectivity index (χ0v) is 13.7. The van der Waals surface area contributed by atoms with Gasteiger partial charge in [0.2, 0.25) is 0 Å². The third kappa shape index (κ3) is 2.64. The van der Waals surface area contributed by atoms with Gasteiger partial charge in [-0.1, -0.05) is 36.4 Å². The highest BCUT2D eigenvalue weighted by atomic mass is 16.5. The van der Waals surface area contributed by atoms with E-state index in [-0.39, 0.29) is 12.0 Å². The lowest BCUT2D eigenvalue weighted by Crippen LogP contribution is -2.31. The molecule has 4 heteroatoms. The van der Waals surface area contributed by atoms with E-state index in [1.165, 1.54) is 0 Å². The van der Waals surface area contributed by atoms with Crippen molar-refractivity contribution in [2.24, 2.45) is 0 Å². The Hall–Kier alpha value is -2.75. The van der Waals surface area contributed by atoms with E-state index < -0.39 is 0 Å². The number of H-pyrrole nitrogens is 1. The van der Waals surface area contributed by atoms with Crippen molar-refractivity contribution in [2.75, 3.05) is 13.1 Å². The topological polar surface area (TPSA) is 45.3 Å². The predicted octanol–water partition coefficient (Wildman–Crippen LogP) is 3.77. The van der Waals surface area contributed by atoms with Crippen LogP contribution in [0.5, 0.6) is 5.75 Å². The van der Waals surface area contributed by atoms with Crippen LogP contribution in [0.4, 0.5) is 0 Å². The van der Waals surface area contributed by atoms with E-state index >= 15 is 0 Å². The van der Waals surface area contributed by atoms with Gasteiger partial charge in [-0.25, -0.2) is 0 Å². The average Bonchev–Trinajstić information content (AvgIpc) is 3.21. The van der Waals surface area contributed by atoms with E-state index in [0.29, 0.717) is 12.2 Å². The van der Waals surface area contributed by atoms with Crippen molar-refractivity contribution in [2.45, 2.75) is 19.4 Å². The summed E-state index contributed by atoms with van der Waals surface area (Å²) in [6, 6.07) is 17.8. The second-order valence-corrected chi connectivity index (χ2v) is 6.26. The number of fused-ring (bicyclic) bond motifs is 1. The number of rotatable bonds is 3. The first-order valence-corrected chi connectivity index (χ1v) is 8.30. The molecule has 2 heterocycles. The number of nitrogens with one attached hydrogen (secondary N) is 1. The van der Waals surface area contributed by atoms with E-state index in [1.807, 2.05) is 66.4 Å². The molecule has 1 atom stereocenters. The van der Waals surface area contributed by atoms with Gasteiger partial charge in [0.15, 0.2) is 0 Å². The fourth-order valence-electron chi connectivity index (χ4n) is 3.35. The van der Waals surface area contributed by atoms with Crippen molar-refractivity contribution in [1.29, 1.82) is 0 Å². The lowest BCUT2D eigenvalue weighted by molar-refractivity contribution is 0.0767. The lowest BCUT2D eigenvalue weighted by Gasteiger charge is -2.17. The highest BCUT2D eigenvalue weighted by molar-refractivity contribution is 6.01. The first kappa shape index (κ1) is 14.8. The average molecular weight is 320 g/mol. The van der Waals surface area contributed by atoms with Crippen LogP contribution >= 0.6 is 0 Å². The molecule has 1 fully saturated rings. The molecule has 0 unspecified atom stereocenters. The zero-order chi connectivity index (χ0) is 16.5. The molecule has 0 spiro atoms. The van der Waals surface area contributed by atoms with Crippen molar-refractivity contribution < 1.29 is 9.53 Å². The summed E-state index contributed by atoms with van der Waals surface area (Å²) >= 11 is 0. The van der Waals surface area contributed by atoms with Crippen molar-refractivity contribution in [1.82, 2.24) is 9.88 Å². The van der Waals surface area contributed by atoms with Gasteiger partial charge in [-0.3, -0.25) is 4.79 Å². The summed E-state index contributed by atoms with van der Waals surface area (Å²) in [6.45, 7) is 3.35. The van der Waals surface area contributed by atoms with E-state index in [9.17, 15) is 4.79 Å². The number of para-hydroxylation sites is 2. The van der Waals surface area contributed by atoms with Crippen LogP contribution in [0.1, 0.15) is 22.5 Å². The summed E-state index contributed by atoms with van der Waals surface area (Å²) in [5.41, 5.74) is 2.72. The molecule has 1 aliphatic heterocycles. The second-order valence-electron chi connectivity index (χ2n) is 6.26. The Labute approximate surface area is 141 Å². The van der Waals surface area contributed by atoms with Crippen LogP contribution < -0.4 is 4.74 Å². The van der Waals surface area contributed by atoms with Crippen LogP contribution in [-0.4, -0.2) is 35.0 Å². The summed E-state index contributed by atoms with van der Waals surface area (Å²) in [5, 5.41) is 1.11. The van der Waals surface area contributed by atoms with Crippen LogP contribution in [0.3, 0.4) is 0 Å². The molecule has 2 aromatic carbocycles. The molecule has 1 aromatic heterocycles. The predicted molar refractivity (Wildman–Crippen MR) is 94.4 cm³/mol. The smallest absolute Gasteiger partial charge is 0.270 e. The van der Waals surface area contributed by atoms with Crippen LogP contribution in [0, 0.1) is 6.92 Å². The normalized spacial score (nSPS) is 17.4. The molecular weight excluding hydrogens is 300 g/mol. The molecule has 1 N–H and O–H groups in total.